The molecule has 1 saturated heterocycles. The second-order valence-corrected chi connectivity index (χ2v) is 7.22. The summed E-state index contributed by atoms with van der Waals surface area (Å²) in [6.07, 6.45) is 6.13. The van der Waals surface area contributed by atoms with Crippen LogP contribution in [0.2, 0.25) is 0 Å². The Morgan fingerprint density at radius 1 is 0.967 bits per heavy atom. The standard InChI is InChI=1S/C22H21N5O3/c23-21(29)19-7-4-17(14-24-19)22(30)26-12-8-16(9-13-26)20(28)15-2-5-18(6-3-15)27-11-1-10-25-27/h1-7,10-11,14,16H,8-9,12-13H2,(H2,23,29). The number of likely N-dealkylation sites (tertiary alicyclic amines) is 1. The van der Waals surface area contributed by atoms with Crippen molar-refractivity contribution in [3.8, 4) is 5.69 Å². The van der Waals surface area contributed by atoms with Gasteiger partial charge in [-0.2, -0.15) is 5.10 Å². The minimum absolute atomic E-state index is 0.0987. The smallest absolute Gasteiger partial charge is 0.267 e. The van der Waals surface area contributed by atoms with Crippen LogP contribution in [0.5, 0.6) is 0 Å². The number of nitrogens with zero attached hydrogens (tertiary/aromatic N) is 4. The largest absolute Gasteiger partial charge is 0.364 e. The summed E-state index contributed by atoms with van der Waals surface area (Å²) >= 11 is 0. The van der Waals surface area contributed by atoms with Gasteiger partial charge in [0, 0.05) is 43.2 Å². The van der Waals surface area contributed by atoms with Crippen molar-refractivity contribution >= 4 is 17.6 Å². The van der Waals surface area contributed by atoms with Crippen LogP contribution in [0.25, 0.3) is 5.69 Å². The molecule has 4 rings (SSSR count). The van der Waals surface area contributed by atoms with Gasteiger partial charge in [0.1, 0.15) is 5.69 Å². The first kappa shape index (κ1) is 19.5. The highest BCUT2D eigenvalue weighted by atomic mass is 16.2. The highest BCUT2D eigenvalue weighted by Gasteiger charge is 2.28. The quantitative estimate of drug-likeness (QED) is 0.656. The molecule has 1 fully saturated rings. The van der Waals surface area contributed by atoms with E-state index in [0.29, 0.717) is 37.1 Å². The van der Waals surface area contributed by atoms with Gasteiger partial charge in [-0.05, 0) is 55.3 Å². The van der Waals surface area contributed by atoms with Crippen LogP contribution in [-0.4, -0.2) is 50.4 Å². The Hall–Kier alpha value is -3.81. The fourth-order valence-electron chi connectivity index (χ4n) is 3.63. The molecule has 8 nitrogen and oxygen atoms in total. The first-order valence-corrected chi connectivity index (χ1v) is 9.72. The molecule has 2 amide bonds. The van der Waals surface area contributed by atoms with E-state index in [2.05, 4.69) is 10.1 Å². The second-order valence-electron chi connectivity index (χ2n) is 7.22. The third-order valence-electron chi connectivity index (χ3n) is 5.34. The number of aromatic nitrogens is 3. The molecule has 3 heterocycles. The molecular formula is C22H21N5O3. The third kappa shape index (κ3) is 3.98. The predicted molar refractivity (Wildman–Crippen MR) is 109 cm³/mol. The lowest BCUT2D eigenvalue weighted by Gasteiger charge is -2.31. The molecule has 0 atom stereocenters. The van der Waals surface area contributed by atoms with Gasteiger partial charge in [-0.25, -0.2) is 4.68 Å². The van der Waals surface area contributed by atoms with Gasteiger partial charge < -0.3 is 10.6 Å². The number of Topliss-reactive ketones (excluding diaryl/α,β-unsaturated/α-hetero) is 1. The Morgan fingerprint density at radius 2 is 1.67 bits per heavy atom. The van der Waals surface area contributed by atoms with Gasteiger partial charge in [-0.15, -0.1) is 0 Å². The zero-order valence-electron chi connectivity index (χ0n) is 16.3. The van der Waals surface area contributed by atoms with Crippen LogP contribution in [0.1, 0.15) is 44.0 Å². The highest BCUT2D eigenvalue weighted by Crippen LogP contribution is 2.23. The van der Waals surface area contributed by atoms with Gasteiger partial charge in [-0.3, -0.25) is 19.4 Å². The van der Waals surface area contributed by atoms with Crippen molar-refractivity contribution in [2.45, 2.75) is 12.8 Å². The number of piperidine rings is 1. The molecule has 30 heavy (non-hydrogen) atoms. The molecule has 8 heteroatoms. The lowest BCUT2D eigenvalue weighted by molar-refractivity contribution is 0.0650. The van der Waals surface area contributed by atoms with Gasteiger partial charge in [0.25, 0.3) is 11.8 Å². The van der Waals surface area contributed by atoms with Crippen LogP contribution in [0.3, 0.4) is 0 Å². The third-order valence-corrected chi connectivity index (χ3v) is 5.34. The van der Waals surface area contributed by atoms with Crippen molar-refractivity contribution in [2.75, 3.05) is 13.1 Å². The van der Waals surface area contributed by atoms with Crippen molar-refractivity contribution in [1.29, 1.82) is 0 Å². The van der Waals surface area contributed by atoms with E-state index in [-0.39, 0.29) is 23.3 Å². The Bertz CT molecular complexity index is 1050. The molecule has 0 bridgehead atoms. The van der Waals surface area contributed by atoms with E-state index in [1.54, 1.807) is 21.8 Å². The van der Waals surface area contributed by atoms with E-state index in [9.17, 15) is 14.4 Å². The van der Waals surface area contributed by atoms with Crippen molar-refractivity contribution < 1.29 is 14.4 Å². The number of ketones is 1. The van der Waals surface area contributed by atoms with Gasteiger partial charge in [0.15, 0.2) is 5.78 Å². The van der Waals surface area contributed by atoms with Crippen LogP contribution < -0.4 is 5.73 Å². The molecule has 3 aromatic rings. The minimum Gasteiger partial charge on any atom is -0.364 e. The van der Waals surface area contributed by atoms with Crippen LogP contribution in [0.15, 0.2) is 61.1 Å². The molecule has 0 radical (unpaired) electrons. The Balaban J connectivity index is 1.36. The molecule has 0 unspecified atom stereocenters. The monoisotopic (exact) mass is 403 g/mol. The van der Waals surface area contributed by atoms with E-state index in [1.165, 1.54) is 12.3 Å². The number of primary amides is 1. The average molecular weight is 403 g/mol. The Kier molecular flexibility index (Phi) is 5.38. The number of nitrogens with two attached hydrogens (primary N) is 1. The van der Waals surface area contributed by atoms with E-state index >= 15 is 0 Å². The summed E-state index contributed by atoms with van der Waals surface area (Å²) in [5.74, 6) is -0.805. The lowest BCUT2D eigenvalue weighted by atomic mass is 9.88. The van der Waals surface area contributed by atoms with Gasteiger partial charge >= 0.3 is 0 Å². The summed E-state index contributed by atoms with van der Waals surface area (Å²) < 4.78 is 1.74. The number of amides is 2. The summed E-state index contributed by atoms with van der Waals surface area (Å²) in [6.45, 7) is 0.996. The van der Waals surface area contributed by atoms with Crippen molar-refractivity contribution in [3.05, 3.63) is 77.9 Å². The number of carbonyl (C=O) groups is 3. The minimum atomic E-state index is -0.633. The molecule has 0 aliphatic carbocycles. The Morgan fingerprint density at radius 3 is 2.23 bits per heavy atom. The maximum absolute atomic E-state index is 12.9. The molecular weight excluding hydrogens is 382 g/mol. The number of rotatable bonds is 5. The van der Waals surface area contributed by atoms with Gasteiger partial charge in [-0.1, -0.05) is 0 Å². The molecule has 2 N–H and O–H groups in total. The zero-order valence-corrected chi connectivity index (χ0v) is 16.3. The molecule has 1 aromatic carbocycles. The molecule has 0 saturated carbocycles. The zero-order chi connectivity index (χ0) is 21.1. The maximum atomic E-state index is 12.9. The summed E-state index contributed by atoms with van der Waals surface area (Å²) in [6, 6.07) is 12.2. The predicted octanol–water partition coefficient (Wildman–Crippen LogP) is 2.10. The van der Waals surface area contributed by atoms with Crippen molar-refractivity contribution in [1.82, 2.24) is 19.7 Å². The lowest BCUT2D eigenvalue weighted by Crippen LogP contribution is -2.40. The first-order valence-electron chi connectivity index (χ1n) is 9.72. The second kappa shape index (κ2) is 8.28. The number of carbonyl (C=O) groups excluding carboxylic acids is 3. The fourth-order valence-corrected chi connectivity index (χ4v) is 3.63. The summed E-state index contributed by atoms with van der Waals surface area (Å²) in [5, 5.41) is 4.18. The Labute approximate surface area is 173 Å². The molecule has 1 aliphatic rings. The van der Waals surface area contributed by atoms with E-state index in [4.69, 9.17) is 5.73 Å². The van der Waals surface area contributed by atoms with Gasteiger partial charge in [0.2, 0.25) is 0 Å². The van der Waals surface area contributed by atoms with Crippen molar-refractivity contribution in [3.63, 3.8) is 0 Å². The first-order chi connectivity index (χ1) is 14.5. The fraction of sp³-hybridized carbons (Fsp3) is 0.227. The molecule has 1 aliphatic heterocycles. The highest BCUT2D eigenvalue weighted by molar-refractivity contribution is 5.99. The normalized spacial score (nSPS) is 14.5. The van der Waals surface area contributed by atoms with E-state index in [1.807, 2.05) is 36.5 Å². The topological polar surface area (TPSA) is 111 Å². The summed E-state index contributed by atoms with van der Waals surface area (Å²) in [4.78, 5) is 42.3. The number of hydrogen-bond acceptors (Lipinski definition) is 5. The van der Waals surface area contributed by atoms with E-state index in [0.717, 1.165) is 5.69 Å². The van der Waals surface area contributed by atoms with Crippen LogP contribution in [0.4, 0.5) is 0 Å². The van der Waals surface area contributed by atoms with Crippen LogP contribution >= 0.6 is 0 Å². The SMILES string of the molecule is NC(=O)c1ccc(C(=O)N2CCC(C(=O)c3ccc(-n4cccn4)cc3)CC2)cn1. The average Bonchev–Trinajstić information content (AvgIpc) is 3.33. The summed E-state index contributed by atoms with van der Waals surface area (Å²) in [5.41, 5.74) is 7.26. The molecule has 152 valence electrons. The number of benzene rings is 1. The van der Waals surface area contributed by atoms with E-state index < -0.39 is 5.91 Å². The van der Waals surface area contributed by atoms with Crippen LogP contribution in [-0.2, 0) is 0 Å². The van der Waals surface area contributed by atoms with Crippen molar-refractivity contribution in [2.24, 2.45) is 11.7 Å². The maximum Gasteiger partial charge on any atom is 0.267 e. The molecule has 0 spiro atoms. The molecule has 2 aromatic heterocycles. The number of hydrogen-bond donors (Lipinski definition) is 1. The number of pyridine rings is 1. The summed E-state index contributed by atoms with van der Waals surface area (Å²) in [7, 11) is 0. The van der Waals surface area contributed by atoms with Crippen LogP contribution in [0, 0.1) is 5.92 Å². The van der Waals surface area contributed by atoms with Gasteiger partial charge in [0.05, 0.1) is 11.3 Å².